The lowest BCUT2D eigenvalue weighted by molar-refractivity contribution is -0.180. The second kappa shape index (κ2) is 9.18. The number of rotatable bonds is 8. The first-order valence-corrected chi connectivity index (χ1v) is 10.7. The summed E-state index contributed by atoms with van der Waals surface area (Å²) in [6.07, 6.45) is 1.64. The summed E-state index contributed by atoms with van der Waals surface area (Å²) in [5, 5.41) is 3.05. The summed E-state index contributed by atoms with van der Waals surface area (Å²) in [7, 11) is 0. The van der Waals surface area contributed by atoms with Crippen molar-refractivity contribution in [3.63, 3.8) is 0 Å². The van der Waals surface area contributed by atoms with Crippen LogP contribution in [0.15, 0.2) is 36.9 Å². The highest BCUT2D eigenvalue weighted by atomic mass is 16.8. The summed E-state index contributed by atoms with van der Waals surface area (Å²) in [5.41, 5.74) is 1.12. The molecular formula is C24H35NO5. The van der Waals surface area contributed by atoms with Gasteiger partial charge < -0.3 is 24.3 Å². The SMILES string of the molecule is C=CCO[C@H]1C[C@](OCc2ccccc2C)(C(=O)NC(C)C)C[C@H]2OC(C)(C)O[C@@H]12. The summed E-state index contributed by atoms with van der Waals surface area (Å²) in [6.45, 7) is 14.2. The molecule has 6 nitrogen and oxygen atoms in total. The van der Waals surface area contributed by atoms with Crippen molar-refractivity contribution in [2.24, 2.45) is 0 Å². The molecule has 3 rings (SSSR count). The molecule has 1 aromatic rings. The van der Waals surface area contributed by atoms with Gasteiger partial charge in [-0.25, -0.2) is 0 Å². The van der Waals surface area contributed by atoms with Gasteiger partial charge in [0.25, 0.3) is 5.91 Å². The minimum Gasteiger partial charge on any atom is -0.371 e. The van der Waals surface area contributed by atoms with Crippen LogP contribution in [0.25, 0.3) is 0 Å². The van der Waals surface area contributed by atoms with E-state index in [0.717, 1.165) is 11.1 Å². The fourth-order valence-electron chi connectivity index (χ4n) is 4.28. The van der Waals surface area contributed by atoms with Crippen LogP contribution in [0.3, 0.4) is 0 Å². The zero-order chi connectivity index (χ0) is 21.9. The Morgan fingerprint density at radius 3 is 2.70 bits per heavy atom. The highest BCUT2D eigenvalue weighted by Crippen LogP contribution is 2.44. The van der Waals surface area contributed by atoms with Gasteiger partial charge in [-0.3, -0.25) is 4.79 Å². The van der Waals surface area contributed by atoms with E-state index in [9.17, 15) is 4.79 Å². The molecule has 1 saturated carbocycles. The lowest BCUT2D eigenvalue weighted by Gasteiger charge is -2.43. The molecule has 1 aromatic carbocycles. The normalized spacial score (nSPS) is 30.1. The number of hydrogen-bond acceptors (Lipinski definition) is 5. The first kappa shape index (κ1) is 22.9. The highest BCUT2D eigenvalue weighted by molar-refractivity contribution is 5.85. The van der Waals surface area contributed by atoms with Crippen LogP contribution < -0.4 is 5.32 Å². The zero-order valence-corrected chi connectivity index (χ0v) is 18.8. The summed E-state index contributed by atoms with van der Waals surface area (Å²) >= 11 is 0. The fourth-order valence-corrected chi connectivity index (χ4v) is 4.28. The van der Waals surface area contributed by atoms with Gasteiger partial charge in [-0.2, -0.15) is 0 Å². The van der Waals surface area contributed by atoms with E-state index in [1.165, 1.54) is 0 Å². The van der Waals surface area contributed by atoms with Crippen LogP contribution in [0.2, 0.25) is 0 Å². The molecule has 1 amide bonds. The number of carbonyl (C=O) groups excluding carboxylic acids is 1. The van der Waals surface area contributed by atoms with Gasteiger partial charge in [-0.15, -0.1) is 6.58 Å². The molecule has 0 aromatic heterocycles. The third-order valence-electron chi connectivity index (χ3n) is 5.68. The Balaban J connectivity index is 1.90. The highest BCUT2D eigenvalue weighted by Gasteiger charge is 2.58. The Hall–Kier alpha value is -1.73. The van der Waals surface area contributed by atoms with E-state index >= 15 is 0 Å². The summed E-state index contributed by atoms with van der Waals surface area (Å²) < 4.78 is 24.8. The van der Waals surface area contributed by atoms with Gasteiger partial charge in [0.2, 0.25) is 0 Å². The van der Waals surface area contributed by atoms with Gasteiger partial charge >= 0.3 is 0 Å². The lowest BCUT2D eigenvalue weighted by Crippen LogP contribution is -2.60. The smallest absolute Gasteiger partial charge is 0.252 e. The van der Waals surface area contributed by atoms with Gasteiger partial charge in [0, 0.05) is 18.9 Å². The van der Waals surface area contributed by atoms with Crippen LogP contribution >= 0.6 is 0 Å². The van der Waals surface area contributed by atoms with Gasteiger partial charge in [-0.1, -0.05) is 30.3 Å². The van der Waals surface area contributed by atoms with Crippen molar-refractivity contribution in [1.29, 1.82) is 0 Å². The van der Waals surface area contributed by atoms with Crippen molar-refractivity contribution in [2.75, 3.05) is 6.61 Å². The van der Waals surface area contributed by atoms with Crippen LogP contribution in [-0.2, 0) is 30.3 Å². The Morgan fingerprint density at radius 1 is 1.30 bits per heavy atom. The number of amides is 1. The van der Waals surface area contributed by atoms with Crippen molar-refractivity contribution in [3.8, 4) is 0 Å². The second-order valence-electron chi connectivity index (χ2n) is 9.04. The van der Waals surface area contributed by atoms with E-state index in [0.29, 0.717) is 26.1 Å². The monoisotopic (exact) mass is 417 g/mol. The molecule has 0 radical (unpaired) electrons. The van der Waals surface area contributed by atoms with Crippen molar-refractivity contribution in [1.82, 2.24) is 5.32 Å². The molecule has 0 spiro atoms. The van der Waals surface area contributed by atoms with Gasteiger partial charge in [0.05, 0.1) is 25.4 Å². The van der Waals surface area contributed by atoms with E-state index in [2.05, 4.69) is 11.9 Å². The topological polar surface area (TPSA) is 66.0 Å². The Labute approximate surface area is 179 Å². The molecule has 166 valence electrons. The number of aryl methyl sites for hydroxylation is 1. The molecule has 1 aliphatic heterocycles. The molecule has 1 aliphatic carbocycles. The maximum atomic E-state index is 13.4. The molecule has 0 unspecified atom stereocenters. The summed E-state index contributed by atoms with van der Waals surface area (Å²) in [4.78, 5) is 13.4. The Morgan fingerprint density at radius 2 is 2.03 bits per heavy atom. The van der Waals surface area contributed by atoms with Crippen molar-refractivity contribution < 1.29 is 23.7 Å². The minimum atomic E-state index is -1.07. The standard InChI is InChI=1S/C24H35NO5/c1-7-12-27-19-13-24(22(26)25-16(2)3,14-20-21(19)30-23(5,6)29-20)28-15-18-11-9-8-10-17(18)4/h7-11,16,19-21H,1,12-15H2,2-6H3,(H,25,26)/t19-,20+,21-,24+/m0/s1. The lowest BCUT2D eigenvalue weighted by atomic mass is 9.78. The third-order valence-corrected chi connectivity index (χ3v) is 5.68. The molecule has 4 atom stereocenters. The van der Waals surface area contributed by atoms with Crippen molar-refractivity contribution in [2.45, 2.75) is 89.8 Å². The molecule has 0 bridgehead atoms. The van der Waals surface area contributed by atoms with E-state index in [-0.39, 0.29) is 30.3 Å². The van der Waals surface area contributed by atoms with E-state index in [1.807, 2.05) is 58.9 Å². The molecule has 2 fully saturated rings. The van der Waals surface area contributed by atoms with Gasteiger partial charge in [0.1, 0.15) is 6.10 Å². The molecule has 1 heterocycles. The second-order valence-corrected chi connectivity index (χ2v) is 9.04. The van der Waals surface area contributed by atoms with E-state index in [1.54, 1.807) is 6.08 Å². The fraction of sp³-hybridized carbons (Fsp3) is 0.625. The van der Waals surface area contributed by atoms with Gasteiger partial charge in [0.15, 0.2) is 11.4 Å². The largest absolute Gasteiger partial charge is 0.371 e. The number of benzene rings is 1. The molecule has 6 heteroatoms. The maximum absolute atomic E-state index is 13.4. The number of ether oxygens (including phenoxy) is 4. The van der Waals surface area contributed by atoms with E-state index in [4.69, 9.17) is 18.9 Å². The van der Waals surface area contributed by atoms with Crippen LogP contribution in [0.1, 0.15) is 51.7 Å². The number of fused-ring (bicyclic) bond motifs is 1. The first-order chi connectivity index (χ1) is 14.2. The molecule has 1 N–H and O–H groups in total. The average Bonchev–Trinajstić information content (AvgIpc) is 2.98. The molecule has 1 saturated heterocycles. The first-order valence-electron chi connectivity index (χ1n) is 10.7. The molecular weight excluding hydrogens is 382 g/mol. The van der Waals surface area contributed by atoms with Crippen LogP contribution in [0.4, 0.5) is 0 Å². The Bertz CT molecular complexity index is 762. The van der Waals surface area contributed by atoms with Crippen LogP contribution in [0, 0.1) is 6.92 Å². The van der Waals surface area contributed by atoms with Crippen molar-refractivity contribution >= 4 is 5.91 Å². The van der Waals surface area contributed by atoms with E-state index < -0.39 is 11.4 Å². The number of carbonyl (C=O) groups is 1. The maximum Gasteiger partial charge on any atom is 0.252 e. The molecule has 30 heavy (non-hydrogen) atoms. The average molecular weight is 418 g/mol. The zero-order valence-electron chi connectivity index (χ0n) is 18.8. The van der Waals surface area contributed by atoms with Crippen molar-refractivity contribution in [3.05, 3.63) is 48.0 Å². The number of nitrogens with one attached hydrogen (secondary N) is 1. The van der Waals surface area contributed by atoms with Crippen LogP contribution in [-0.4, -0.2) is 48.3 Å². The quantitative estimate of drug-likeness (QED) is 0.654. The minimum absolute atomic E-state index is 0.00103. The Kier molecular flexibility index (Phi) is 7.02. The predicted molar refractivity (Wildman–Crippen MR) is 115 cm³/mol. The summed E-state index contributed by atoms with van der Waals surface area (Å²) in [6, 6.07) is 8.05. The third kappa shape index (κ3) is 5.11. The predicted octanol–water partition coefficient (Wildman–Crippen LogP) is 3.66. The number of hydrogen-bond donors (Lipinski definition) is 1. The van der Waals surface area contributed by atoms with Crippen LogP contribution in [0.5, 0.6) is 0 Å². The molecule has 2 aliphatic rings. The van der Waals surface area contributed by atoms with Gasteiger partial charge in [-0.05, 0) is 45.7 Å². The summed E-state index contributed by atoms with van der Waals surface area (Å²) in [5.74, 6) is -0.865.